The first-order chi connectivity index (χ1) is 8.88. The molecular weight excluding hydrogens is 224 g/mol. The Morgan fingerprint density at radius 1 is 0.944 bits per heavy atom. The van der Waals surface area contributed by atoms with Crippen LogP contribution in [0.4, 0.5) is 0 Å². The van der Waals surface area contributed by atoms with Gasteiger partial charge in [0.05, 0.1) is 11.6 Å². The number of nitrogens with zero attached hydrogens (tertiary/aromatic N) is 2. The summed E-state index contributed by atoms with van der Waals surface area (Å²) in [6.45, 7) is 0.367. The van der Waals surface area contributed by atoms with E-state index in [0.29, 0.717) is 12.2 Å². The van der Waals surface area contributed by atoms with Crippen LogP contribution >= 0.6 is 0 Å². The van der Waals surface area contributed by atoms with Gasteiger partial charge in [-0.1, -0.05) is 47.6 Å². The van der Waals surface area contributed by atoms with Crippen LogP contribution in [0.25, 0.3) is 0 Å². The van der Waals surface area contributed by atoms with E-state index in [0.717, 1.165) is 11.1 Å². The number of rotatable bonds is 4. The third-order valence-corrected chi connectivity index (χ3v) is 2.33. The first-order valence-corrected chi connectivity index (χ1v) is 5.50. The van der Waals surface area contributed by atoms with Crippen LogP contribution in [0.15, 0.2) is 59.8 Å². The van der Waals surface area contributed by atoms with E-state index in [1.165, 1.54) is 0 Å². The molecule has 0 spiro atoms. The maximum Gasteiger partial charge on any atom is 0.142 e. The third kappa shape index (κ3) is 3.46. The number of nitriles is 1. The molecule has 87 valence electrons. The highest BCUT2D eigenvalue weighted by atomic mass is 16.6. The molecule has 3 nitrogen and oxygen atoms in total. The lowest BCUT2D eigenvalue weighted by Gasteiger charge is -1.99. The zero-order valence-electron chi connectivity index (χ0n) is 9.71. The SMILES string of the molecule is N#Cc1ccc(CO/N=[C]\c2ccccc2)cc1. The number of hydrogen-bond donors (Lipinski definition) is 0. The highest BCUT2D eigenvalue weighted by Crippen LogP contribution is 2.05. The van der Waals surface area contributed by atoms with Gasteiger partial charge in [0.25, 0.3) is 0 Å². The molecule has 2 rings (SSSR count). The van der Waals surface area contributed by atoms with Crippen molar-refractivity contribution in [3.05, 3.63) is 71.3 Å². The summed E-state index contributed by atoms with van der Waals surface area (Å²) in [4.78, 5) is 5.13. The Kier molecular flexibility index (Phi) is 4.10. The maximum absolute atomic E-state index is 8.66. The Bertz CT molecular complexity index is 553. The molecule has 1 radical (unpaired) electrons. The number of benzene rings is 2. The van der Waals surface area contributed by atoms with E-state index in [1.54, 1.807) is 12.1 Å². The minimum absolute atomic E-state index is 0.367. The second-order valence-electron chi connectivity index (χ2n) is 3.65. The highest BCUT2D eigenvalue weighted by molar-refractivity contribution is 5.78. The Morgan fingerprint density at radius 3 is 2.33 bits per heavy atom. The molecule has 0 aliphatic heterocycles. The first kappa shape index (κ1) is 11.9. The zero-order chi connectivity index (χ0) is 12.6. The molecule has 0 unspecified atom stereocenters. The van der Waals surface area contributed by atoms with Crippen LogP contribution in [0, 0.1) is 11.3 Å². The van der Waals surface area contributed by atoms with Gasteiger partial charge in [-0.2, -0.15) is 5.26 Å². The molecule has 0 saturated heterocycles. The summed E-state index contributed by atoms with van der Waals surface area (Å²) < 4.78 is 0. The van der Waals surface area contributed by atoms with Gasteiger partial charge in [0.15, 0.2) is 0 Å². The fraction of sp³-hybridized carbons (Fsp3) is 0.0667. The lowest BCUT2D eigenvalue weighted by molar-refractivity contribution is 0.132. The van der Waals surface area contributed by atoms with Gasteiger partial charge >= 0.3 is 0 Å². The van der Waals surface area contributed by atoms with E-state index in [1.807, 2.05) is 42.5 Å². The van der Waals surface area contributed by atoms with Gasteiger partial charge in [0.1, 0.15) is 12.8 Å². The van der Waals surface area contributed by atoms with Crippen molar-refractivity contribution in [3.63, 3.8) is 0 Å². The minimum Gasteiger partial charge on any atom is -0.390 e. The van der Waals surface area contributed by atoms with Crippen molar-refractivity contribution in [1.29, 1.82) is 5.26 Å². The van der Waals surface area contributed by atoms with Crippen LogP contribution in [-0.4, -0.2) is 6.21 Å². The predicted octanol–water partition coefficient (Wildman–Crippen LogP) is 2.99. The van der Waals surface area contributed by atoms with Crippen LogP contribution in [0.1, 0.15) is 16.7 Å². The van der Waals surface area contributed by atoms with E-state index >= 15 is 0 Å². The molecule has 0 heterocycles. The third-order valence-electron chi connectivity index (χ3n) is 2.33. The summed E-state index contributed by atoms with van der Waals surface area (Å²) in [5.74, 6) is 0. The Labute approximate surface area is 106 Å². The topological polar surface area (TPSA) is 45.4 Å². The van der Waals surface area contributed by atoms with Crippen molar-refractivity contribution in [2.24, 2.45) is 5.16 Å². The summed E-state index contributed by atoms with van der Waals surface area (Å²) in [5.41, 5.74) is 2.48. The van der Waals surface area contributed by atoms with Crippen LogP contribution < -0.4 is 0 Å². The van der Waals surface area contributed by atoms with E-state index in [4.69, 9.17) is 10.1 Å². The van der Waals surface area contributed by atoms with Crippen molar-refractivity contribution >= 4 is 6.21 Å². The smallest absolute Gasteiger partial charge is 0.142 e. The molecule has 0 amide bonds. The second-order valence-corrected chi connectivity index (χ2v) is 3.65. The quantitative estimate of drug-likeness (QED) is 0.604. The molecule has 2 aromatic rings. The predicted molar refractivity (Wildman–Crippen MR) is 68.9 cm³/mol. The molecular formula is C15H11N2O. The molecule has 0 fully saturated rings. The largest absolute Gasteiger partial charge is 0.390 e. The highest BCUT2D eigenvalue weighted by Gasteiger charge is 1.93. The van der Waals surface area contributed by atoms with E-state index < -0.39 is 0 Å². The van der Waals surface area contributed by atoms with E-state index in [2.05, 4.69) is 17.4 Å². The van der Waals surface area contributed by atoms with Crippen molar-refractivity contribution < 1.29 is 4.84 Å². The lowest BCUT2D eigenvalue weighted by atomic mass is 10.2. The Hall–Kier alpha value is -2.60. The standard InChI is InChI=1S/C15H11N2O/c16-10-13-6-8-15(9-7-13)12-18-17-11-14-4-2-1-3-5-14/h1-9H,12H2. The summed E-state index contributed by atoms with van der Waals surface area (Å²) in [5, 5.41) is 12.4. The molecule has 3 heteroatoms. The molecule has 0 aliphatic carbocycles. The van der Waals surface area contributed by atoms with Gasteiger partial charge < -0.3 is 4.84 Å². The first-order valence-electron chi connectivity index (χ1n) is 5.50. The van der Waals surface area contributed by atoms with Crippen molar-refractivity contribution in [3.8, 4) is 6.07 Å². The van der Waals surface area contributed by atoms with Crippen LogP contribution in [-0.2, 0) is 11.4 Å². The number of hydrogen-bond acceptors (Lipinski definition) is 3. The van der Waals surface area contributed by atoms with Crippen LogP contribution in [0.2, 0.25) is 0 Å². The Morgan fingerprint density at radius 2 is 1.67 bits per heavy atom. The maximum atomic E-state index is 8.66. The van der Waals surface area contributed by atoms with Crippen molar-refractivity contribution in [2.75, 3.05) is 0 Å². The van der Waals surface area contributed by atoms with Gasteiger partial charge in [-0.05, 0) is 17.7 Å². The minimum atomic E-state index is 0.367. The van der Waals surface area contributed by atoms with Gasteiger partial charge in [0.2, 0.25) is 0 Å². The monoisotopic (exact) mass is 235 g/mol. The van der Waals surface area contributed by atoms with Gasteiger partial charge in [-0.3, -0.25) is 0 Å². The summed E-state index contributed by atoms with van der Waals surface area (Å²) in [7, 11) is 0. The summed E-state index contributed by atoms with van der Waals surface area (Å²) in [6.07, 6.45) is 2.79. The second kappa shape index (κ2) is 6.21. The molecule has 0 aliphatic rings. The van der Waals surface area contributed by atoms with Gasteiger partial charge in [-0.25, -0.2) is 0 Å². The normalized spacial score (nSPS) is 10.2. The molecule has 2 aromatic carbocycles. The van der Waals surface area contributed by atoms with E-state index in [-0.39, 0.29) is 0 Å². The van der Waals surface area contributed by atoms with Crippen molar-refractivity contribution in [1.82, 2.24) is 0 Å². The molecule has 0 bridgehead atoms. The summed E-state index contributed by atoms with van der Waals surface area (Å²) in [6, 6.07) is 18.8. The van der Waals surface area contributed by atoms with Crippen molar-refractivity contribution in [2.45, 2.75) is 6.61 Å². The average Bonchev–Trinajstić information content (AvgIpc) is 2.45. The average molecular weight is 235 g/mol. The van der Waals surface area contributed by atoms with Crippen LogP contribution in [0.5, 0.6) is 0 Å². The van der Waals surface area contributed by atoms with Crippen LogP contribution in [0.3, 0.4) is 0 Å². The summed E-state index contributed by atoms with van der Waals surface area (Å²) >= 11 is 0. The fourth-order valence-corrected chi connectivity index (χ4v) is 1.38. The molecule has 0 N–H and O–H groups in total. The fourth-order valence-electron chi connectivity index (χ4n) is 1.38. The molecule has 0 atom stereocenters. The van der Waals surface area contributed by atoms with Gasteiger partial charge in [0, 0.05) is 5.56 Å². The lowest BCUT2D eigenvalue weighted by Crippen LogP contribution is -1.88. The Balaban J connectivity index is 1.85. The molecule has 0 aromatic heterocycles. The molecule has 0 saturated carbocycles. The van der Waals surface area contributed by atoms with E-state index in [9.17, 15) is 0 Å². The van der Waals surface area contributed by atoms with Gasteiger partial charge in [-0.15, -0.1) is 0 Å². The molecule has 18 heavy (non-hydrogen) atoms. The zero-order valence-corrected chi connectivity index (χ0v) is 9.71.